The molecule has 6 nitrogen and oxygen atoms in total. The number of nitrogens with zero attached hydrogens (tertiary/aromatic N) is 3. The molecule has 1 aliphatic heterocycles. The molecule has 0 saturated carbocycles. The van der Waals surface area contributed by atoms with Crippen LogP contribution in [0.3, 0.4) is 0 Å². The first-order valence-corrected chi connectivity index (χ1v) is 6.47. The zero-order valence-corrected chi connectivity index (χ0v) is 10.9. The summed E-state index contributed by atoms with van der Waals surface area (Å²) in [6, 6.07) is 9.67. The van der Waals surface area contributed by atoms with E-state index in [4.69, 9.17) is 14.7 Å². The van der Waals surface area contributed by atoms with Gasteiger partial charge in [0.15, 0.2) is 5.69 Å². The quantitative estimate of drug-likeness (QED) is 0.906. The Morgan fingerprint density at radius 2 is 2.20 bits per heavy atom. The van der Waals surface area contributed by atoms with Crippen molar-refractivity contribution in [3.63, 3.8) is 0 Å². The smallest absolute Gasteiger partial charge is 0.186 e. The Bertz CT molecular complexity index is 647. The molecule has 1 fully saturated rings. The summed E-state index contributed by atoms with van der Waals surface area (Å²) in [6.07, 6.45) is -0.0118. The van der Waals surface area contributed by atoms with Crippen molar-refractivity contribution in [2.45, 2.75) is 6.10 Å². The third-order valence-corrected chi connectivity index (χ3v) is 3.17. The Labute approximate surface area is 116 Å². The molecule has 2 heterocycles. The first kappa shape index (κ1) is 12.8. The molecule has 20 heavy (non-hydrogen) atoms. The predicted octanol–water partition coefficient (Wildman–Crippen LogP) is 1.33. The van der Waals surface area contributed by atoms with Crippen LogP contribution in [0.1, 0.15) is 5.69 Å². The Morgan fingerprint density at radius 3 is 3.00 bits per heavy atom. The van der Waals surface area contributed by atoms with E-state index < -0.39 is 0 Å². The standard InChI is InChI=1S/C14H14N4O2/c15-7-13-14(16-8-10-9-19-5-6-20-10)11-3-1-2-4-12(11)17-18-13/h1-4,10H,5-6,8-9H2,(H,16,17). The van der Waals surface area contributed by atoms with Crippen LogP contribution >= 0.6 is 0 Å². The number of anilines is 1. The second kappa shape index (κ2) is 5.82. The number of fused-ring (bicyclic) bond motifs is 1. The lowest BCUT2D eigenvalue weighted by molar-refractivity contribution is -0.0818. The largest absolute Gasteiger partial charge is 0.379 e. The fourth-order valence-electron chi connectivity index (χ4n) is 2.18. The van der Waals surface area contributed by atoms with Gasteiger partial charge in [0, 0.05) is 11.9 Å². The lowest BCUT2D eigenvalue weighted by Crippen LogP contribution is -2.34. The van der Waals surface area contributed by atoms with Gasteiger partial charge in [-0.15, -0.1) is 10.2 Å². The summed E-state index contributed by atoms with van der Waals surface area (Å²) >= 11 is 0. The lowest BCUT2D eigenvalue weighted by atomic mass is 10.1. The van der Waals surface area contributed by atoms with Gasteiger partial charge in [-0.3, -0.25) is 0 Å². The van der Waals surface area contributed by atoms with E-state index in [0.717, 1.165) is 10.9 Å². The molecule has 1 saturated heterocycles. The molecule has 1 N–H and O–H groups in total. The molecule has 102 valence electrons. The minimum absolute atomic E-state index is 0.0118. The zero-order chi connectivity index (χ0) is 13.8. The highest BCUT2D eigenvalue weighted by Gasteiger charge is 2.16. The van der Waals surface area contributed by atoms with Gasteiger partial charge in [0.1, 0.15) is 6.07 Å². The van der Waals surface area contributed by atoms with Crippen LogP contribution < -0.4 is 5.32 Å². The monoisotopic (exact) mass is 270 g/mol. The van der Waals surface area contributed by atoms with Gasteiger partial charge in [-0.1, -0.05) is 18.2 Å². The number of nitrogens with one attached hydrogen (secondary N) is 1. The Balaban J connectivity index is 1.87. The highest BCUT2D eigenvalue weighted by atomic mass is 16.6. The van der Waals surface area contributed by atoms with Gasteiger partial charge in [-0.05, 0) is 6.07 Å². The van der Waals surface area contributed by atoms with Crippen LogP contribution in [-0.2, 0) is 9.47 Å². The van der Waals surface area contributed by atoms with E-state index >= 15 is 0 Å². The van der Waals surface area contributed by atoms with Crippen LogP contribution in [0.15, 0.2) is 24.3 Å². The average Bonchev–Trinajstić information content (AvgIpc) is 2.53. The first-order valence-electron chi connectivity index (χ1n) is 6.47. The maximum Gasteiger partial charge on any atom is 0.186 e. The number of rotatable bonds is 3. The van der Waals surface area contributed by atoms with Crippen molar-refractivity contribution < 1.29 is 9.47 Å². The molecule has 0 radical (unpaired) electrons. The van der Waals surface area contributed by atoms with Crippen molar-refractivity contribution >= 4 is 16.6 Å². The molecule has 1 aromatic carbocycles. The number of ether oxygens (including phenoxy) is 2. The Hall–Kier alpha value is -2.23. The number of aromatic nitrogens is 2. The van der Waals surface area contributed by atoms with Gasteiger partial charge in [0.05, 0.1) is 37.1 Å². The first-order chi connectivity index (χ1) is 9.88. The van der Waals surface area contributed by atoms with Gasteiger partial charge < -0.3 is 14.8 Å². The van der Waals surface area contributed by atoms with Crippen LogP contribution in [0.2, 0.25) is 0 Å². The summed E-state index contributed by atoms with van der Waals surface area (Å²) < 4.78 is 10.9. The second-order valence-electron chi connectivity index (χ2n) is 4.50. The number of hydrogen-bond donors (Lipinski definition) is 1. The van der Waals surface area contributed by atoms with Gasteiger partial charge in [-0.2, -0.15) is 5.26 Å². The summed E-state index contributed by atoms with van der Waals surface area (Å²) in [4.78, 5) is 0. The van der Waals surface area contributed by atoms with Gasteiger partial charge >= 0.3 is 0 Å². The van der Waals surface area contributed by atoms with E-state index in [2.05, 4.69) is 21.6 Å². The molecule has 0 spiro atoms. The van der Waals surface area contributed by atoms with Crippen molar-refractivity contribution in [1.29, 1.82) is 5.26 Å². The molecule has 3 rings (SSSR count). The van der Waals surface area contributed by atoms with Gasteiger partial charge in [0.2, 0.25) is 0 Å². The molecular formula is C14H14N4O2. The summed E-state index contributed by atoms with van der Waals surface area (Å²) in [7, 11) is 0. The van der Waals surface area contributed by atoms with Crippen molar-refractivity contribution in [3.8, 4) is 6.07 Å². The zero-order valence-electron chi connectivity index (χ0n) is 10.9. The minimum Gasteiger partial charge on any atom is -0.379 e. The Morgan fingerprint density at radius 1 is 1.30 bits per heavy atom. The predicted molar refractivity (Wildman–Crippen MR) is 73.3 cm³/mol. The molecule has 1 aliphatic rings. The summed E-state index contributed by atoms with van der Waals surface area (Å²) in [5.74, 6) is 0. The summed E-state index contributed by atoms with van der Waals surface area (Å²) in [5.41, 5.74) is 1.75. The maximum atomic E-state index is 9.17. The van der Waals surface area contributed by atoms with Crippen LogP contribution in [0, 0.1) is 11.3 Å². The summed E-state index contributed by atoms with van der Waals surface area (Å²) in [5, 5.41) is 21.3. The molecule has 1 unspecified atom stereocenters. The van der Waals surface area contributed by atoms with Crippen LogP contribution in [-0.4, -0.2) is 42.7 Å². The van der Waals surface area contributed by atoms with Crippen molar-refractivity contribution in [3.05, 3.63) is 30.0 Å². The van der Waals surface area contributed by atoms with E-state index in [1.165, 1.54) is 0 Å². The molecule has 0 bridgehead atoms. The summed E-state index contributed by atoms with van der Waals surface area (Å²) in [6.45, 7) is 2.38. The van der Waals surface area contributed by atoms with E-state index in [9.17, 15) is 0 Å². The van der Waals surface area contributed by atoms with Gasteiger partial charge in [0.25, 0.3) is 0 Å². The van der Waals surface area contributed by atoms with Crippen molar-refractivity contribution in [1.82, 2.24) is 10.2 Å². The average molecular weight is 270 g/mol. The van der Waals surface area contributed by atoms with Gasteiger partial charge in [-0.25, -0.2) is 0 Å². The molecular weight excluding hydrogens is 256 g/mol. The molecule has 0 aliphatic carbocycles. The van der Waals surface area contributed by atoms with Crippen LogP contribution in [0.25, 0.3) is 10.9 Å². The molecule has 1 atom stereocenters. The normalized spacial score (nSPS) is 18.6. The van der Waals surface area contributed by atoms with E-state index in [0.29, 0.717) is 37.7 Å². The second-order valence-corrected chi connectivity index (χ2v) is 4.50. The molecule has 2 aromatic rings. The van der Waals surface area contributed by atoms with Crippen molar-refractivity contribution in [2.24, 2.45) is 0 Å². The molecule has 0 amide bonds. The number of nitriles is 1. The van der Waals surface area contributed by atoms with E-state index in [1.54, 1.807) is 0 Å². The minimum atomic E-state index is -0.0118. The highest BCUT2D eigenvalue weighted by molar-refractivity contribution is 5.92. The van der Waals surface area contributed by atoms with E-state index in [-0.39, 0.29) is 6.10 Å². The third-order valence-electron chi connectivity index (χ3n) is 3.17. The fourth-order valence-corrected chi connectivity index (χ4v) is 2.18. The lowest BCUT2D eigenvalue weighted by Gasteiger charge is -2.23. The number of benzene rings is 1. The molecule has 1 aromatic heterocycles. The maximum absolute atomic E-state index is 9.17. The van der Waals surface area contributed by atoms with Crippen LogP contribution in [0.4, 0.5) is 5.69 Å². The van der Waals surface area contributed by atoms with E-state index in [1.807, 2.05) is 24.3 Å². The van der Waals surface area contributed by atoms with Crippen molar-refractivity contribution in [2.75, 3.05) is 31.7 Å². The fraction of sp³-hybridized carbons (Fsp3) is 0.357. The number of hydrogen-bond acceptors (Lipinski definition) is 6. The third kappa shape index (κ3) is 2.54. The topological polar surface area (TPSA) is 80.1 Å². The molecule has 6 heteroatoms. The SMILES string of the molecule is N#Cc1nnc2ccccc2c1NCC1COCCO1. The Kier molecular flexibility index (Phi) is 3.72. The highest BCUT2D eigenvalue weighted by Crippen LogP contribution is 2.23. The van der Waals surface area contributed by atoms with Crippen LogP contribution in [0.5, 0.6) is 0 Å².